The average molecular weight is 300 g/mol. The lowest BCUT2D eigenvalue weighted by atomic mass is 10.2. The predicted octanol–water partition coefficient (Wildman–Crippen LogP) is 0.514. The number of carboxylic acid groups (broad SMARTS) is 1. The van der Waals surface area contributed by atoms with Crippen LogP contribution in [0.3, 0.4) is 0 Å². The molecule has 96 valence electrons. The zero-order valence-corrected chi connectivity index (χ0v) is 11.0. The maximum Gasteiger partial charge on any atom is 0.324 e. The summed E-state index contributed by atoms with van der Waals surface area (Å²) in [6.45, 7) is 1.18. The molecule has 0 aliphatic heterocycles. The Morgan fingerprint density at radius 2 is 2.12 bits per heavy atom. The summed E-state index contributed by atoms with van der Waals surface area (Å²) in [7, 11) is -3.99. The zero-order chi connectivity index (χ0) is 13.2. The lowest BCUT2D eigenvalue weighted by Crippen LogP contribution is -2.47. The Morgan fingerprint density at radius 3 is 2.47 bits per heavy atom. The van der Waals surface area contributed by atoms with Crippen molar-refractivity contribution in [1.29, 1.82) is 0 Å². The molecule has 1 heterocycles. The van der Waals surface area contributed by atoms with Gasteiger partial charge in [-0.1, -0.05) is 11.6 Å². The molecular formula is C8H10ClNO5S2. The highest BCUT2D eigenvalue weighted by Crippen LogP contribution is 2.25. The fourth-order valence-corrected chi connectivity index (χ4v) is 3.78. The normalized spacial score (nSPS) is 15.5. The van der Waals surface area contributed by atoms with Gasteiger partial charge in [0.2, 0.25) is 0 Å². The fourth-order valence-electron chi connectivity index (χ4n) is 1.02. The van der Waals surface area contributed by atoms with Gasteiger partial charge in [0.05, 0.1) is 10.4 Å². The first-order valence-corrected chi connectivity index (χ1v) is 7.10. The number of aliphatic carboxylic acids is 1. The second-order valence-corrected chi connectivity index (χ2v) is 6.89. The Hall–Kier alpha value is -0.670. The molecule has 1 aromatic rings. The molecule has 0 saturated carbocycles. The second-order valence-electron chi connectivity index (χ2n) is 3.24. The number of aliphatic hydroxyl groups is 1. The molecule has 0 radical (unpaired) electrons. The molecule has 1 aromatic heterocycles. The van der Waals surface area contributed by atoms with Crippen molar-refractivity contribution in [3.63, 3.8) is 0 Å². The molecule has 1 rings (SSSR count). The van der Waals surface area contributed by atoms with Crippen LogP contribution in [-0.4, -0.2) is 36.7 Å². The summed E-state index contributed by atoms with van der Waals surface area (Å²) >= 11 is 6.39. The van der Waals surface area contributed by atoms with Crippen LogP contribution in [-0.2, 0) is 14.8 Å². The zero-order valence-electron chi connectivity index (χ0n) is 8.62. The first-order valence-electron chi connectivity index (χ1n) is 4.42. The van der Waals surface area contributed by atoms with E-state index in [1.165, 1.54) is 19.1 Å². The molecule has 0 fully saturated rings. The molecule has 17 heavy (non-hydrogen) atoms. The molecule has 3 N–H and O–H groups in total. The van der Waals surface area contributed by atoms with Crippen LogP contribution in [0.1, 0.15) is 6.92 Å². The van der Waals surface area contributed by atoms with Gasteiger partial charge in [0.25, 0.3) is 10.0 Å². The highest BCUT2D eigenvalue weighted by Gasteiger charge is 2.29. The van der Waals surface area contributed by atoms with Crippen LogP contribution < -0.4 is 4.72 Å². The Kier molecular flexibility index (Phi) is 4.50. The lowest BCUT2D eigenvalue weighted by Gasteiger charge is -2.16. The number of hydrogen-bond acceptors (Lipinski definition) is 5. The molecule has 0 aliphatic rings. The monoisotopic (exact) mass is 299 g/mol. The van der Waals surface area contributed by atoms with Gasteiger partial charge in [-0.25, -0.2) is 8.42 Å². The third-order valence-electron chi connectivity index (χ3n) is 1.84. The molecule has 0 spiro atoms. The van der Waals surface area contributed by atoms with Crippen LogP contribution in [0.4, 0.5) is 0 Å². The third kappa shape index (κ3) is 3.65. The Bertz CT molecular complexity index is 510. The highest BCUT2D eigenvalue weighted by atomic mass is 35.5. The van der Waals surface area contributed by atoms with Crippen LogP contribution in [0.25, 0.3) is 0 Å². The Balaban J connectivity index is 2.97. The van der Waals surface area contributed by atoms with Crippen molar-refractivity contribution in [3.8, 4) is 0 Å². The van der Waals surface area contributed by atoms with Crippen molar-refractivity contribution in [2.45, 2.75) is 23.3 Å². The van der Waals surface area contributed by atoms with Gasteiger partial charge in [-0.3, -0.25) is 4.79 Å². The summed E-state index contributed by atoms with van der Waals surface area (Å²) in [6, 6.07) is 1.05. The van der Waals surface area contributed by atoms with Gasteiger partial charge in [-0.05, 0) is 19.1 Å². The molecule has 0 aliphatic carbocycles. The predicted molar refractivity (Wildman–Crippen MR) is 62.8 cm³/mol. The second kappa shape index (κ2) is 5.32. The Labute approximate surface area is 107 Å². The number of hydrogen-bond donors (Lipinski definition) is 3. The van der Waals surface area contributed by atoms with Gasteiger partial charge in [0, 0.05) is 0 Å². The molecule has 9 heteroatoms. The van der Waals surface area contributed by atoms with Gasteiger partial charge in [0.15, 0.2) is 0 Å². The van der Waals surface area contributed by atoms with E-state index in [0.717, 1.165) is 11.3 Å². The number of carboxylic acids is 1. The number of nitrogens with one attached hydrogen (secondary N) is 1. The first kappa shape index (κ1) is 14.4. The van der Waals surface area contributed by atoms with Gasteiger partial charge < -0.3 is 10.2 Å². The van der Waals surface area contributed by atoms with Gasteiger partial charge in [-0.15, -0.1) is 11.3 Å². The number of halogens is 1. The van der Waals surface area contributed by atoms with E-state index in [9.17, 15) is 13.2 Å². The van der Waals surface area contributed by atoms with E-state index in [2.05, 4.69) is 0 Å². The van der Waals surface area contributed by atoms with Crippen molar-refractivity contribution in [2.24, 2.45) is 0 Å². The molecule has 0 aromatic carbocycles. The quantitative estimate of drug-likeness (QED) is 0.735. The van der Waals surface area contributed by atoms with E-state index in [1.807, 2.05) is 4.72 Å². The average Bonchev–Trinajstić information content (AvgIpc) is 2.61. The molecule has 0 unspecified atom stereocenters. The summed E-state index contributed by atoms with van der Waals surface area (Å²) in [4.78, 5) is 10.7. The van der Waals surface area contributed by atoms with Crippen molar-refractivity contribution in [3.05, 3.63) is 16.5 Å². The maximum absolute atomic E-state index is 11.7. The van der Waals surface area contributed by atoms with Crippen molar-refractivity contribution >= 4 is 38.9 Å². The van der Waals surface area contributed by atoms with Crippen LogP contribution in [0.5, 0.6) is 0 Å². The standard InChI is InChI=1S/C8H10ClNO5S2/c1-4(11)7(8(12)13)10-17(14,15)6-3-2-5(9)16-6/h2-4,7,10-11H,1H3,(H,12,13)/t4-,7+/m1/s1. The Morgan fingerprint density at radius 1 is 1.53 bits per heavy atom. The number of rotatable bonds is 5. The summed E-state index contributed by atoms with van der Waals surface area (Å²) in [5, 5.41) is 17.9. The van der Waals surface area contributed by atoms with E-state index >= 15 is 0 Å². The summed E-state index contributed by atoms with van der Waals surface area (Å²) in [5.41, 5.74) is 0. The molecule has 0 bridgehead atoms. The number of aliphatic hydroxyl groups excluding tert-OH is 1. The number of carbonyl (C=O) groups is 1. The SMILES string of the molecule is C[C@@H](O)[C@H](NS(=O)(=O)c1ccc(Cl)s1)C(=O)O. The fraction of sp³-hybridized carbons (Fsp3) is 0.375. The first-order chi connectivity index (χ1) is 7.74. The molecule has 6 nitrogen and oxygen atoms in total. The van der Waals surface area contributed by atoms with Crippen molar-refractivity contribution in [1.82, 2.24) is 4.72 Å². The van der Waals surface area contributed by atoms with Crippen molar-refractivity contribution in [2.75, 3.05) is 0 Å². The van der Waals surface area contributed by atoms with Gasteiger partial charge >= 0.3 is 5.97 Å². The topological polar surface area (TPSA) is 104 Å². The largest absolute Gasteiger partial charge is 0.480 e. The van der Waals surface area contributed by atoms with Gasteiger partial charge in [0.1, 0.15) is 10.3 Å². The number of sulfonamides is 1. The molecule has 0 saturated heterocycles. The van der Waals surface area contributed by atoms with Gasteiger partial charge in [-0.2, -0.15) is 4.72 Å². The van der Waals surface area contributed by atoms with Crippen molar-refractivity contribution < 1.29 is 23.4 Å². The molecule has 2 atom stereocenters. The van der Waals surface area contributed by atoms with E-state index in [1.54, 1.807) is 0 Å². The number of thiophene rings is 1. The lowest BCUT2D eigenvalue weighted by molar-refractivity contribution is -0.141. The van der Waals surface area contributed by atoms with Crippen LogP contribution in [0.2, 0.25) is 4.34 Å². The van der Waals surface area contributed by atoms with Crippen LogP contribution >= 0.6 is 22.9 Å². The summed E-state index contributed by atoms with van der Waals surface area (Å²) in [5.74, 6) is -1.45. The summed E-state index contributed by atoms with van der Waals surface area (Å²) in [6.07, 6.45) is -1.35. The van der Waals surface area contributed by atoms with Crippen LogP contribution in [0.15, 0.2) is 16.3 Å². The third-order valence-corrected chi connectivity index (χ3v) is 5.01. The van der Waals surface area contributed by atoms with Crippen LogP contribution in [0, 0.1) is 0 Å². The van der Waals surface area contributed by atoms with E-state index in [-0.39, 0.29) is 8.55 Å². The summed E-state index contributed by atoms with van der Waals surface area (Å²) < 4.78 is 25.5. The highest BCUT2D eigenvalue weighted by molar-refractivity contribution is 7.91. The van der Waals surface area contributed by atoms with E-state index in [0.29, 0.717) is 0 Å². The smallest absolute Gasteiger partial charge is 0.324 e. The minimum absolute atomic E-state index is 0.102. The minimum Gasteiger partial charge on any atom is -0.480 e. The van der Waals surface area contributed by atoms with E-state index < -0.39 is 28.1 Å². The molecular weight excluding hydrogens is 290 g/mol. The maximum atomic E-state index is 11.7. The molecule has 0 amide bonds. The van der Waals surface area contributed by atoms with E-state index in [4.69, 9.17) is 21.8 Å². The minimum atomic E-state index is -3.99.